The maximum absolute atomic E-state index is 10.7. The minimum atomic E-state index is -0.225. The number of pyridine rings is 1. The smallest absolute Gasteiger partial charge is 0.0750 e. The van der Waals surface area contributed by atoms with Crippen LogP contribution in [0.2, 0.25) is 0 Å². The van der Waals surface area contributed by atoms with Crippen LogP contribution < -0.4 is 0 Å². The fraction of sp³-hybridized carbons (Fsp3) is 0.643. The molecule has 2 heterocycles. The van der Waals surface area contributed by atoms with Gasteiger partial charge in [-0.3, -0.25) is 4.98 Å². The molecule has 4 heteroatoms. The van der Waals surface area contributed by atoms with Crippen molar-refractivity contribution in [1.29, 1.82) is 0 Å². The van der Waals surface area contributed by atoms with Gasteiger partial charge in [-0.25, -0.2) is 0 Å². The molecule has 0 radical (unpaired) electrons. The van der Waals surface area contributed by atoms with E-state index >= 15 is 0 Å². The molecule has 1 aromatic heterocycles. The lowest BCUT2D eigenvalue weighted by Crippen LogP contribution is -2.36. The zero-order valence-corrected chi connectivity index (χ0v) is 12.1. The number of rotatable bonds is 2. The van der Waals surface area contributed by atoms with Gasteiger partial charge in [-0.15, -0.1) is 0 Å². The Labute approximate surface area is 117 Å². The SMILES string of the molecule is OC(C1CSCCS1)C1CCCc2cccnc21. The van der Waals surface area contributed by atoms with Crippen LogP contribution in [0.4, 0.5) is 0 Å². The van der Waals surface area contributed by atoms with Crippen LogP contribution in [0.3, 0.4) is 0 Å². The minimum Gasteiger partial charge on any atom is -0.391 e. The maximum Gasteiger partial charge on any atom is 0.0750 e. The predicted octanol–water partition coefficient (Wildman–Crippen LogP) is 2.71. The summed E-state index contributed by atoms with van der Waals surface area (Å²) < 4.78 is 0. The van der Waals surface area contributed by atoms with Crippen molar-refractivity contribution in [2.45, 2.75) is 36.5 Å². The molecule has 0 saturated carbocycles. The van der Waals surface area contributed by atoms with Crippen molar-refractivity contribution in [2.24, 2.45) is 0 Å². The number of aliphatic hydroxyl groups is 1. The normalized spacial score (nSPS) is 29.6. The third-order valence-electron chi connectivity index (χ3n) is 3.87. The summed E-state index contributed by atoms with van der Waals surface area (Å²) in [6.45, 7) is 0. The highest BCUT2D eigenvalue weighted by Crippen LogP contribution is 2.38. The number of fused-ring (bicyclic) bond motifs is 1. The number of nitrogens with zero attached hydrogens (tertiary/aromatic N) is 1. The van der Waals surface area contributed by atoms with Crippen LogP contribution in [-0.4, -0.2) is 38.7 Å². The molecule has 0 amide bonds. The van der Waals surface area contributed by atoms with Gasteiger partial charge in [0.1, 0.15) is 0 Å². The molecule has 3 rings (SSSR count). The topological polar surface area (TPSA) is 33.1 Å². The van der Waals surface area contributed by atoms with Gasteiger partial charge in [-0.1, -0.05) is 6.07 Å². The summed E-state index contributed by atoms with van der Waals surface area (Å²) >= 11 is 3.92. The molecule has 2 nitrogen and oxygen atoms in total. The van der Waals surface area contributed by atoms with E-state index in [1.165, 1.54) is 23.5 Å². The third-order valence-corrected chi connectivity index (χ3v) is 6.74. The molecule has 1 aliphatic heterocycles. The van der Waals surface area contributed by atoms with Crippen molar-refractivity contribution >= 4 is 23.5 Å². The van der Waals surface area contributed by atoms with Gasteiger partial charge in [-0.05, 0) is 30.9 Å². The van der Waals surface area contributed by atoms with E-state index in [1.807, 2.05) is 35.8 Å². The van der Waals surface area contributed by atoms with E-state index in [1.54, 1.807) is 0 Å². The van der Waals surface area contributed by atoms with Gasteiger partial charge in [0, 0.05) is 40.3 Å². The van der Waals surface area contributed by atoms with E-state index in [4.69, 9.17) is 0 Å². The molecule has 0 aromatic carbocycles. The van der Waals surface area contributed by atoms with Gasteiger partial charge in [0.25, 0.3) is 0 Å². The Hall–Kier alpha value is -0.190. The molecular weight excluding hydrogens is 262 g/mol. The molecule has 1 fully saturated rings. The molecule has 98 valence electrons. The number of thioether (sulfide) groups is 2. The van der Waals surface area contributed by atoms with Gasteiger partial charge in [0.2, 0.25) is 0 Å². The molecule has 2 aliphatic rings. The number of aryl methyl sites for hydroxylation is 1. The Balaban J connectivity index is 1.80. The fourth-order valence-corrected chi connectivity index (χ4v) is 5.76. The highest BCUT2D eigenvalue weighted by atomic mass is 32.2. The van der Waals surface area contributed by atoms with Gasteiger partial charge in [0.15, 0.2) is 0 Å². The quantitative estimate of drug-likeness (QED) is 0.903. The summed E-state index contributed by atoms with van der Waals surface area (Å²) in [4.78, 5) is 4.54. The summed E-state index contributed by atoms with van der Waals surface area (Å²) in [5.41, 5.74) is 2.51. The van der Waals surface area contributed by atoms with Crippen molar-refractivity contribution in [3.8, 4) is 0 Å². The van der Waals surface area contributed by atoms with Gasteiger partial charge < -0.3 is 5.11 Å². The Morgan fingerprint density at radius 1 is 1.39 bits per heavy atom. The lowest BCUT2D eigenvalue weighted by molar-refractivity contribution is 0.134. The standard InChI is InChI=1S/C14H19NOS2/c16-14(12-9-17-7-8-18-12)11-5-1-3-10-4-2-6-15-13(10)11/h2,4,6,11-12,14,16H,1,3,5,7-9H2. The van der Waals surface area contributed by atoms with Crippen LogP contribution in [0.5, 0.6) is 0 Å². The first-order valence-corrected chi connectivity index (χ1v) is 8.88. The summed E-state index contributed by atoms with van der Waals surface area (Å²) in [6.07, 6.45) is 5.04. The van der Waals surface area contributed by atoms with E-state index in [-0.39, 0.29) is 12.0 Å². The van der Waals surface area contributed by atoms with Gasteiger partial charge in [0.05, 0.1) is 6.10 Å². The predicted molar refractivity (Wildman–Crippen MR) is 79.5 cm³/mol. The van der Waals surface area contributed by atoms with Gasteiger partial charge in [-0.2, -0.15) is 23.5 Å². The number of hydrogen-bond donors (Lipinski definition) is 1. The zero-order valence-electron chi connectivity index (χ0n) is 10.4. The van der Waals surface area contributed by atoms with E-state index < -0.39 is 0 Å². The highest BCUT2D eigenvalue weighted by molar-refractivity contribution is 8.06. The molecule has 1 N–H and O–H groups in total. The van der Waals surface area contributed by atoms with Crippen LogP contribution in [0.15, 0.2) is 18.3 Å². The minimum absolute atomic E-state index is 0.225. The Morgan fingerprint density at radius 2 is 2.33 bits per heavy atom. The molecule has 1 aromatic rings. The van der Waals surface area contributed by atoms with Crippen molar-refractivity contribution in [3.63, 3.8) is 0 Å². The van der Waals surface area contributed by atoms with Crippen molar-refractivity contribution in [2.75, 3.05) is 17.3 Å². The van der Waals surface area contributed by atoms with Crippen molar-refractivity contribution in [3.05, 3.63) is 29.6 Å². The first-order valence-electron chi connectivity index (χ1n) is 6.67. The number of aromatic nitrogens is 1. The number of hydrogen-bond acceptors (Lipinski definition) is 4. The van der Waals surface area contributed by atoms with Crippen LogP contribution in [0.25, 0.3) is 0 Å². The largest absolute Gasteiger partial charge is 0.391 e. The molecule has 1 saturated heterocycles. The first-order chi connectivity index (χ1) is 8.86. The Kier molecular flexibility index (Phi) is 4.16. The summed E-state index contributed by atoms with van der Waals surface area (Å²) in [5.74, 6) is 3.75. The van der Waals surface area contributed by atoms with Gasteiger partial charge >= 0.3 is 0 Å². The van der Waals surface area contributed by atoms with E-state index in [2.05, 4.69) is 11.1 Å². The molecule has 3 unspecified atom stereocenters. The molecule has 18 heavy (non-hydrogen) atoms. The summed E-state index contributed by atoms with van der Waals surface area (Å²) in [5, 5.41) is 11.1. The van der Waals surface area contributed by atoms with E-state index in [9.17, 15) is 5.11 Å². The van der Waals surface area contributed by atoms with Crippen LogP contribution >= 0.6 is 23.5 Å². The molecular formula is C14H19NOS2. The molecule has 3 atom stereocenters. The average molecular weight is 281 g/mol. The molecule has 0 spiro atoms. The van der Waals surface area contributed by atoms with Crippen LogP contribution in [0.1, 0.15) is 30.0 Å². The second-order valence-electron chi connectivity index (χ2n) is 5.02. The average Bonchev–Trinajstić information content (AvgIpc) is 2.47. The lowest BCUT2D eigenvalue weighted by atomic mass is 9.82. The lowest BCUT2D eigenvalue weighted by Gasteiger charge is -2.34. The first kappa shape index (κ1) is 12.8. The maximum atomic E-state index is 10.7. The number of aliphatic hydroxyl groups excluding tert-OH is 1. The van der Waals surface area contributed by atoms with Crippen LogP contribution in [0, 0.1) is 0 Å². The zero-order chi connectivity index (χ0) is 12.4. The fourth-order valence-electron chi connectivity index (χ4n) is 2.94. The van der Waals surface area contributed by atoms with E-state index in [0.29, 0.717) is 5.25 Å². The monoisotopic (exact) mass is 281 g/mol. The van der Waals surface area contributed by atoms with Crippen molar-refractivity contribution < 1.29 is 5.11 Å². The molecule has 0 bridgehead atoms. The van der Waals surface area contributed by atoms with E-state index in [0.717, 1.165) is 24.3 Å². The van der Waals surface area contributed by atoms with Crippen molar-refractivity contribution in [1.82, 2.24) is 4.98 Å². The summed E-state index contributed by atoms with van der Waals surface area (Å²) in [6, 6.07) is 4.18. The second kappa shape index (κ2) is 5.85. The Bertz CT molecular complexity index is 407. The summed E-state index contributed by atoms with van der Waals surface area (Å²) in [7, 11) is 0. The third kappa shape index (κ3) is 2.56. The van der Waals surface area contributed by atoms with Crippen LogP contribution in [-0.2, 0) is 6.42 Å². The second-order valence-corrected chi connectivity index (χ2v) is 7.52. The Morgan fingerprint density at radius 3 is 3.17 bits per heavy atom. The molecule has 1 aliphatic carbocycles. The highest BCUT2D eigenvalue weighted by Gasteiger charge is 2.34.